The fourth-order valence-corrected chi connectivity index (χ4v) is 2.41. The number of hydrogen-bond donors (Lipinski definition) is 3. The third kappa shape index (κ3) is 4.07. The molecule has 2 rings (SSSR count). The molecule has 0 bridgehead atoms. The van der Waals surface area contributed by atoms with Crippen LogP contribution in [-0.4, -0.2) is 27.8 Å². The van der Waals surface area contributed by atoms with Crippen LogP contribution in [0, 0.1) is 6.92 Å². The van der Waals surface area contributed by atoms with Crippen molar-refractivity contribution in [3.8, 4) is 0 Å². The molecule has 0 saturated heterocycles. The molecule has 22 heavy (non-hydrogen) atoms. The third-order valence-electron chi connectivity index (χ3n) is 3.40. The monoisotopic (exact) mass is 302 g/mol. The molecule has 2 aromatic rings. The van der Waals surface area contributed by atoms with Gasteiger partial charge in [0.05, 0.1) is 11.0 Å². The van der Waals surface area contributed by atoms with E-state index in [1.54, 1.807) is 0 Å². The molecule has 6 nitrogen and oxygen atoms in total. The van der Waals surface area contributed by atoms with Crippen LogP contribution in [0.1, 0.15) is 38.1 Å². The summed E-state index contributed by atoms with van der Waals surface area (Å²) in [4.78, 5) is 30.8. The maximum absolute atomic E-state index is 12.2. The summed E-state index contributed by atoms with van der Waals surface area (Å²) >= 11 is 0. The highest BCUT2D eigenvalue weighted by Gasteiger charge is 2.17. The average Bonchev–Trinajstić information content (AvgIpc) is 2.83. The van der Waals surface area contributed by atoms with Gasteiger partial charge in [-0.15, -0.1) is 0 Å². The fourth-order valence-electron chi connectivity index (χ4n) is 2.41. The Bertz CT molecular complexity index is 678. The summed E-state index contributed by atoms with van der Waals surface area (Å²) in [5.41, 5.74) is 2.86. The molecule has 0 saturated carbocycles. The second-order valence-corrected chi connectivity index (χ2v) is 5.43. The third-order valence-corrected chi connectivity index (χ3v) is 3.40. The van der Waals surface area contributed by atoms with Crippen LogP contribution in [0.5, 0.6) is 0 Å². The van der Waals surface area contributed by atoms with Crippen LogP contribution in [0.15, 0.2) is 18.2 Å². The van der Waals surface area contributed by atoms with Crippen molar-refractivity contribution in [2.75, 3.05) is 0 Å². The lowest BCUT2D eigenvalue weighted by Gasteiger charge is -2.16. The van der Waals surface area contributed by atoms with E-state index in [0.29, 0.717) is 13.0 Å². The van der Waals surface area contributed by atoms with Gasteiger partial charge in [-0.2, -0.15) is 0 Å². The summed E-state index contributed by atoms with van der Waals surface area (Å²) in [6.07, 6.45) is 1.46. The van der Waals surface area contributed by atoms with Crippen LogP contribution >= 0.6 is 0 Å². The minimum absolute atomic E-state index is 0.155. The van der Waals surface area contributed by atoms with Gasteiger partial charge in [0.1, 0.15) is 11.9 Å². The minimum Gasteiger partial charge on any atom is -0.350 e. The smallest absolute Gasteiger partial charge is 0.242 e. The normalized spacial score (nSPS) is 12.1. The molecule has 0 aliphatic carbocycles. The highest BCUT2D eigenvalue weighted by molar-refractivity contribution is 5.86. The predicted molar refractivity (Wildman–Crippen MR) is 85.2 cm³/mol. The molecular formula is C16H22N4O2. The lowest BCUT2D eigenvalue weighted by atomic mass is 10.1. The number of benzene rings is 1. The van der Waals surface area contributed by atoms with E-state index in [1.807, 2.05) is 32.0 Å². The van der Waals surface area contributed by atoms with E-state index in [0.717, 1.165) is 28.8 Å². The molecular weight excluding hydrogens is 280 g/mol. The lowest BCUT2D eigenvalue weighted by Crippen LogP contribution is -2.45. The van der Waals surface area contributed by atoms with Gasteiger partial charge in [-0.25, -0.2) is 4.98 Å². The Morgan fingerprint density at radius 2 is 2.14 bits per heavy atom. The number of aryl methyl sites for hydroxylation is 1. The highest BCUT2D eigenvalue weighted by atomic mass is 16.2. The number of nitrogens with one attached hydrogen (secondary N) is 3. The molecule has 0 unspecified atom stereocenters. The number of rotatable bonds is 6. The number of fused-ring (bicyclic) bond motifs is 1. The maximum atomic E-state index is 12.2. The zero-order chi connectivity index (χ0) is 16.1. The number of hydrogen-bond acceptors (Lipinski definition) is 3. The van der Waals surface area contributed by atoms with E-state index in [-0.39, 0.29) is 11.8 Å². The summed E-state index contributed by atoms with van der Waals surface area (Å²) in [6, 6.07) is 5.37. The van der Waals surface area contributed by atoms with Crippen molar-refractivity contribution < 1.29 is 9.59 Å². The van der Waals surface area contributed by atoms with Gasteiger partial charge < -0.3 is 15.6 Å². The first kappa shape index (κ1) is 16.0. The van der Waals surface area contributed by atoms with Gasteiger partial charge in [-0.1, -0.05) is 19.4 Å². The van der Waals surface area contributed by atoms with E-state index in [2.05, 4.69) is 20.6 Å². The van der Waals surface area contributed by atoms with Crippen LogP contribution < -0.4 is 10.6 Å². The van der Waals surface area contributed by atoms with E-state index < -0.39 is 6.04 Å². The fraction of sp³-hybridized carbons (Fsp3) is 0.438. The van der Waals surface area contributed by atoms with Crippen molar-refractivity contribution in [3.05, 3.63) is 29.6 Å². The number of nitrogens with zero attached hydrogens (tertiary/aromatic N) is 1. The van der Waals surface area contributed by atoms with E-state index in [1.165, 1.54) is 6.92 Å². The Balaban J connectivity index is 1.99. The van der Waals surface area contributed by atoms with Crippen molar-refractivity contribution in [2.45, 2.75) is 46.2 Å². The van der Waals surface area contributed by atoms with Gasteiger partial charge >= 0.3 is 0 Å². The van der Waals surface area contributed by atoms with Crippen LogP contribution in [0.25, 0.3) is 11.0 Å². The summed E-state index contributed by atoms with van der Waals surface area (Å²) in [5.74, 6) is 0.519. The first-order valence-corrected chi connectivity index (χ1v) is 7.49. The summed E-state index contributed by atoms with van der Waals surface area (Å²) in [7, 11) is 0. The molecule has 0 aliphatic rings. The van der Waals surface area contributed by atoms with E-state index in [9.17, 15) is 9.59 Å². The molecule has 1 aromatic heterocycles. The van der Waals surface area contributed by atoms with Crippen molar-refractivity contribution in [1.82, 2.24) is 20.6 Å². The quantitative estimate of drug-likeness (QED) is 0.760. The first-order valence-electron chi connectivity index (χ1n) is 7.49. The van der Waals surface area contributed by atoms with Crippen LogP contribution in [0.4, 0.5) is 0 Å². The molecule has 0 fully saturated rings. The molecule has 0 radical (unpaired) electrons. The molecule has 3 N–H and O–H groups in total. The van der Waals surface area contributed by atoms with E-state index >= 15 is 0 Å². The lowest BCUT2D eigenvalue weighted by molar-refractivity contribution is -0.128. The van der Waals surface area contributed by atoms with Crippen molar-refractivity contribution in [2.24, 2.45) is 0 Å². The molecule has 1 atom stereocenters. The number of carbonyl (C=O) groups is 2. The first-order chi connectivity index (χ1) is 10.5. The minimum atomic E-state index is -0.472. The Kier molecular flexibility index (Phi) is 5.14. The molecule has 1 aromatic carbocycles. The van der Waals surface area contributed by atoms with E-state index in [4.69, 9.17) is 0 Å². The molecule has 6 heteroatoms. The molecule has 2 amide bonds. The largest absolute Gasteiger partial charge is 0.350 e. The zero-order valence-corrected chi connectivity index (χ0v) is 13.2. The van der Waals surface area contributed by atoms with Gasteiger partial charge in [-0.05, 0) is 31.0 Å². The molecule has 0 aliphatic heterocycles. The summed E-state index contributed by atoms with van der Waals surface area (Å²) in [5, 5.41) is 5.56. The molecule has 118 valence electrons. The second kappa shape index (κ2) is 7.06. The van der Waals surface area contributed by atoms with Gasteiger partial charge in [0.25, 0.3) is 0 Å². The van der Waals surface area contributed by atoms with Crippen molar-refractivity contribution >= 4 is 22.8 Å². The standard InChI is InChI=1S/C16H22N4O2/c1-4-5-14(20-11(3)21)16(22)17-9-12-6-7-13-15(8-12)19-10(2)18-13/h6-8,14H,4-5,9H2,1-3H3,(H,17,22)(H,18,19)(H,20,21)/t14-/m1/s1. The maximum Gasteiger partial charge on any atom is 0.242 e. The second-order valence-electron chi connectivity index (χ2n) is 5.43. The average molecular weight is 302 g/mol. The Labute approximate surface area is 129 Å². The summed E-state index contributed by atoms with van der Waals surface area (Å²) < 4.78 is 0. The number of aromatic nitrogens is 2. The SMILES string of the molecule is CCC[C@@H](NC(C)=O)C(=O)NCc1ccc2nc(C)[nH]c2c1. The molecule has 1 heterocycles. The summed E-state index contributed by atoms with van der Waals surface area (Å²) in [6.45, 7) is 5.73. The number of amides is 2. The topological polar surface area (TPSA) is 86.9 Å². The number of H-pyrrole nitrogens is 1. The van der Waals surface area contributed by atoms with Gasteiger partial charge in [-0.3, -0.25) is 9.59 Å². The van der Waals surface area contributed by atoms with Crippen LogP contribution in [0.3, 0.4) is 0 Å². The highest BCUT2D eigenvalue weighted by Crippen LogP contribution is 2.13. The molecule has 0 spiro atoms. The Morgan fingerprint density at radius 1 is 1.36 bits per heavy atom. The number of imidazole rings is 1. The Hall–Kier alpha value is -2.37. The van der Waals surface area contributed by atoms with Crippen molar-refractivity contribution in [3.63, 3.8) is 0 Å². The number of aromatic amines is 1. The van der Waals surface area contributed by atoms with Crippen molar-refractivity contribution in [1.29, 1.82) is 0 Å². The van der Waals surface area contributed by atoms with Gasteiger partial charge in [0, 0.05) is 13.5 Å². The Morgan fingerprint density at radius 3 is 2.82 bits per heavy atom. The van der Waals surface area contributed by atoms with Crippen LogP contribution in [0.2, 0.25) is 0 Å². The predicted octanol–water partition coefficient (Wildman–Crippen LogP) is 1.79. The zero-order valence-electron chi connectivity index (χ0n) is 13.2. The van der Waals surface area contributed by atoms with Gasteiger partial charge in [0.2, 0.25) is 11.8 Å². The number of carbonyl (C=O) groups excluding carboxylic acids is 2. The van der Waals surface area contributed by atoms with Crippen LogP contribution in [-0.2, 0) is 16.1 Å². The van der Waals surface area contributed by atoms with Gasteiger partial charge in [0.15, 0.2) is 0 Å².